The van der Waals surface area contributed by atoms with Gasteiger partial charge in [-0.3, -0.25) is 0 Å². The minimum Gasteiger partial charge on any atom is -0.0801 e. The van der Waals surface area contributed by atoms with Crippen molar-refractivity contribution in [3.05, 3.63) is 221 Å². The highest BCUT2D eigenvalue weighted by atomic mass is 28.3. The molecule has 4 aliphatic carbocycles. The van der Waals surface area contributed by atoms with Crippen LogP contribution in [0.2, 0.25) is 6.55 Å². The van der Waals surface area contributed by atoms with Gasteiger partial charge in [0.05, 0.1) is 0 Å². The molecule has 0 aromatic heterocycles. The van der Waals surface area contributed by atoms with Gasteiger partial charge in [-0.05, 0) is 81.7 Å². The Morgan fingerprint density at radius 3 is 1.42 bits per heavy atom. The molecule has 2 unspecified atom stereocenters. The molecule has 0 aliphatic heterocycles. The van der Waals surface area contributed by atoms with E-state index in [1.165, 1.54) is 71.3 Å². The van der Waals surface area contributed by atoms with Gasteiger partial charge in [0.1, 0.15) is 8.07 Å². The summed E-state index contributed by atoms with van der Waals surface area (Å²) in [7, 11) is -3.07. The lowest BCUT2D eigenvalue weighted by atomic mass is 9.82. The highest BCUT2D eigenvalue weighted by Crippen LogP contribution is 2.65. The van der Waals surface area contributed by atoms with Crippen molar-refractivity contribution in [1.82, 2.24) is 0 Å². The lowest BCUT2D eigenvalue weighted by molar-refractivity contribution is 0.730. The Balaban J connectivity index is 1.56. The number of hydrogen-bond donors (Lipinski definition) is 0. The van der Waals surface area contributed by atoms with Crippen molar-refractivity contribution >= 4 is 34.8 Å². The fourth-order valence-corrected chi connectivity index (χ4v) is 17.7. The molecule has 0 heterocycles. The molecule has 0 saturated heterocycles. The molecule has 0 spiro atoms. The molecule has 5 aromatic carbocycles. The van der Waals surface area contributed by atoms with Crippen LogP contribution in [-0.4, -0.2) is 8.07 Å². The van der Waals surface area contributed by atoms with Crippen molar-refractivity contribution in [3.63, 3.8) is 0 Å². The van der Waals surface area contributed by atoms with E-state index < -0.39 is 18.2 Å². The Bertz CT molecular complexity index is 2300. The first-order chi connectivity index (χ1) is 24.5. The van der Waals surface area contributed by atoms with Gasteiger partial charge in [0.15, 0.2) is 0 Å². The highest BCUT2D eigenvalue weighted by Gasteiger charge is 2.69. The SMILES string of the molecule is CC1=CC2=C(C=CC=CC2)C1(c1cccc2ccccc12)[Si](C)(c1ccccc1)C1(c2cccc3ccccc23)C(C)=CC2=C1C=CC=CC2. The third-order valence-corrected chi connectivity index (χ3v) is 18.8. The molecule has 50 heavy (non-hydrogen) atoms. The number of benzene rings is 5. The summed E-state index contributed by atoms with van der Waals surface area (Å²) in [5, 5.41) is 5.93. The Hall–Kier alpha value is -5.24. The van der Waals surface area contributed by atoms with Crippen molar-refractivity contribution in [3.8, 4) is 0 Å². The largest absolute Gasteiger partial charge is 0.124 e. The molecule has 0 nitrogen and oxygen atoms in total. The number of rotatable bonds is 5. The van der Waals surface area contributed by atoms with E-state index >= 15 is 0 Å². The summed E-state index contributed by atoms with van der Waals surface area (Å²) >= 11 is 0. The van der Waals surface area contributed by atoms with E-state index in [0.29, 0.717) is 0 Å². The highest BCUT2D eigenvalue weighted by molar-refractivity contribution is 6.98. The second-order valence-electron chi connectivity index (χ2n) is 14.6. The summed E-state index contributed by atoms with van der Waals surface area (Å²) in [6.45, 7) is 7.66. The van der Waals surface area contributed by atoms with Crippen LogP contribution >= 0.6 is 0 Å². The monoisotopic (exact) mass is 658 g/mol. The van der Waals surface area contributed by atoms with Crippen LogP contribution in [0.15, 0.2) is 209 Å². The molecule has 4 aliphatic rings. The molecular formula is C49H42Si. The summed E-state index contributed by atoms with van der Waals surface area (Å²) in [4.78, 5) is 0. The summed E-state index contributed by atoms with van der Waals surface area (Å²) in [6.07, 6.45) is 25.7. The van der Waals surface area contributed by atoms with E-state index in [1.54, 1.807) is 0 Å². The van der Waals surface area contributed by atoms with Crippen molar-refractivity contribution < 1.29 is 0 Å². The van der Waals surface area contributed by atoms with E-state index in [4.69, 9.17) is 0 Å². The van der Waals surface area contributed by atoms with E-state index in [2.05, 4.69) is 196 Å². The van der Waals surface area contributed by atoms with Gasteiger partial charge in [-0.1, -0.05) is 199 Å². The van der Waals surface area contributed by atoms with Crippen LogP contribution in [0.25, 0.3) is 21.5 Å². The number of fused-ring (bicyclic) bond motifs is 2. The average Bonchev–Trinajstić information content (AvgIpc) is 3.34. The van der Waals surface area contributed by atoms with Gasteiger partial charge in [0, 0.05) is 10.1 Å². The first kappa shape index (κ1) is 30.8. The molecule has 2 atom stereocenters. The maximum Gasteiger partial charge on any atom is 0.124 e. The molecule has 5 aromatic rings. The summed E-state index contributed by atoms with van der Waals surface area (Å²) in [5.74, 6) is 0. The van der Waals surface area contributed by atoms with Crippen molar-refractivity contribution in [2.75, 3.05) is 0 Å². The van der Waals surface area contributed by atoms with Gasteiger partial charge in [-0.2, -0.15) is 0 Å². The van der Waals surface area contributed by atoms with Crippen molar-refractivity contribution in [2.45, 2.75) is 43.3 Å². The molecule has 0 fully saturated rings. The van der Waals surface area contributed by atoms with Crippen LogP contribution in [0.1, 0.15) is 37.8 Å². The predicted molar refractivity (Wildman–Crippen MR) is 216 cm³/mol. The second-order valence-corrected chi connectivity index (χ2v) is 18.9. The topological polar surface area (TPSA) is 0 Å². The Morgan fingerprint density at radius 1 is 0.480 bits per heavy atom. The molecule has 9 rings (SSSR count). The molecule has 0 N–H and O–H groups in total. The first-order valence-corrected chi connectivity index (χ1v) is 20.6. The minimum absolute atomic E-state index is 0.408. The summed E-state index contributed by atoms with van der Waals surface area (Å²) in [6, 6.07) is 44.1. The average molecular weight is 659 g/mol. The predicted octanol–water partition coefficient (Wildman–Crippen LogP) is 11.8. The Kier molecular flexibility index (Phi) is 7.19. The zero-order chi connectivity index (χ0) is 33.9. The van der Waals surface area contributed by atoms with Crippen LogP contribution in [0.5, 0.6) is 0 Å². The molecule has 242 valence electrons. The fraction of sp³-hybridized carbons (Fsp3) is 0.143. The Morgan fingerprint density at radius 2 is 0.920 bits per heavy atom. The zero-order valence-corrected chi connectivity index (χ0v) is 30.2. The van der Waals surface area contributed by atoms with E-state index in [9.17, 15) is 0 Å². The van der Waals surface area contributed by atoms with E-state index in [-0.39, 0.29) is 0 Å². The molecule has 1 heteroatoms. The maximum atomic E-state index is 2.75. The van der Waals surface area contributed by atoms with Gasteiger partial charge >= 0.3 is 0 Å². The number of hydrogen-bond acceptors (Lipinski definition) is 0. The summed E-state index contributed by atoms with van der Waals surface area (Å²) in [5.41, 5.74) is 11.6. The lowest BCUT2D eigenvalue weighted by Gasteiger charge is -2.59. The van der Waals surface area contributed by atoms with Crippen LogP contribution in [0.3, 0.4) is 0 Å². The minimum atomic E-state index is -3.07. The first-order valence-electron chi connectivity index (χ1n) is 18.1. The van der Waals surface area contributed by atoms with Crippen LogP contribution < -0.4 is 5.19 Å². The van der Waals surface area contributed by atoms with Crippen LogP contribution in [0.4, 0.5) is 0 Å². The standard InChI is InChI=1S/C49H42Si/c1-35-33-39-21-7-4-11-29-44(39)48(35,46-31-17-23-37-19-13-15-27-42(37)46)50(3,41-25-9-6-10-26-41)49(36(2)34-40-22-8-5-12-30-45(40)49)47-32-18-24-38-20-14-16-28-43(38)47/h4-20,23-34H,21-22H2,1-3H3. The maximum absolute atomic E-state index is 3.07. The molecule has 0 bridgehead atoms. The van der Waals surface area contributed by atoms with Crippen LogP contribution in [0, 0.1) is 0 Å². The van der Waals surface area contributed by atoms with Crippen molar-refractivity contribution in [1.29, 1.82) is 0 Å². The third kappa shape index (κ3) is 3.99. The van der Waals surface area contributed by atoms with Crippen LogP contribution in [-0.2, 0) is 10.1 Å². The third-order valence-electron chi connectivity index (χ3n) is 12.4. The smallest absolute Gasteiger partial charge is 0.0801 e. The lowest BCUT2D eigenvalue weighted by Crippen LogP contribution is -2.74. The van der Waals surface area contributed by atoms with Gasteiger partial charge in [0.25, 0.3) is 0 Å². The second kappa shape index (κ2) is 11.7. The normalized spacial score (nSPS) is 23.8. The van der Waals surface area contributed by atoms with Crippen molar-refractivity contribution in [2.24, 2.45) is 0 Å². The molecule has 0 saturated carbocycles. The fourth-order valence-electron chi connectivity index (χ4n) is 10.6. The molecule has 0 amide bonds. The van der Waals surface area contributed by atoms with Gasteiger partial charge < -0.3 is 0 Å². The van der Waals surface area contributed by atoms with Gasteiger partial charge in [-0.15, -0.1) is 0 Å². The van der Waals surface area contributed by atoms with E-state index in [1.807, 2.05) is 0 Å². The van der Waals surface area contributed by atoms with E-state index in [0.717, 1.165) is 12.8 Å². The molecule has 0 radical (unpaired) electrons. The van der Waals surface area contributed by atoms with Gasteiger partial charge in [0.2, 0.25) is 0 Å². The molecular weight excluding hydrogens is 617 g/mol. The Labute approximate surface area is 297 Å². The summed E-state index contributed by atoms with van der Waals surface area (Å²) < 4.78 is 0. The number of allylic oxidation sites excluding steroid dienone is 16. The zero-order valence-electron chi connectivity index (χ0n) is 29.2. The van der Waals surface area contributed by atoms with Gasteiger partial charge in [-0.25, -0.2) is 0 Å². The quantitative estimate of drug-likeness (QED) is 0.165.